The Hall–Kier alpha value is -3.23. The molecule has 0 fully saturated rings. The number of rotatable bonds is 5. The minimum absolute atomic E-state index is 0.165. The van der Waals surface area contributed by atoms with E-state index in [1.54, 1.807) is 0 Å². The fraction of sp³-hybridized carbons (Fsp3) is 0.133. The normalized spacial score (nSPS) is 11.5. The monoisotopic (exact) mass is 336 g/mol. The van der Waals surface area contributed by atoms with Gasteiger partial charge in [0, 0.05) is 6.07 Å². The standard InChI is InChI=1S/C15H14F2N4O3/c1-8(19-15(23)24)14(22)21-12-3-2-9(16)5-13(12)20-11-4-10(17)6-18-7-11/h2-8,19-20H,1H3,(H,21,22)(H,23,24). The molecule has 0 saturated heterocycles. The quantitative estimate of drug-likeness (QED) is 0.672. The molecule has 0 aliphatic heterocycles. The molecule has 126 valence electrons. The molecule has 1 aromatic carbocycles. The van der Waals surface area contributed by atoms with Crippen molar-refractivity contribution in [3.63, 3.8) is 0 Å². The number of aromatic nitrogens is 1. The van der Waals surface area contributed by atoms with E-state index in [0.29, 0.717) is 0 Å². The molecule has 0 aliphatic rings. The average Bonchev–Trinajstić information content (AvgIpc) is 2.49. The zero-order valence-corrected chi connectivity index (χ0v) is 12.5. The second-order valence-electron chi connectivity index (χ2n) is 4.87. The lowest BCUT2D eigenvalue weighted by atomic mass is 10.2. The van der Waals surface area contributed by atoms with Gasteiger partial charge in [0.2, 0.25) is 5.91 Å². The van der Waals surface area contributed by atoms with Crippen LogP contribution in [0.1, 0.15) is 6.92 Å². The first-order valence-corrected chi connectivity index (χ1v) is 6.82. The van der Waals surface area contributed by atoms with Gasteiger partial charge in [-0.3, -0.25) is 9.78 Å². The summed E-state index contributed by atoms with van der Waals surface area (Å²) in [7, 11) is 0. The van der Waals surface area contributed by atoms with Gasteiger partial charge in [-0.15, -0.1) is 0 Å². The second-order valence-corrected chi connectivity index (χ2v) is 4.87. The lowest BCUT2D eigenvalue weighted by molar-refractivity contribution is -0.117. The summed E-state index contributed by atoms with van der Waals surface area (Å²) in [5.41, 5.74) is 0.621. The smallest absolute Gasteiger partial charge is 0.405 e. The number of pyridine rings is 1. The van der Waals surface area contributed by atoms with Crippen LogP contribution in [0.4, 0.5) is 30.6 Å². The largest absolute Gasteiger partial charge is 0.465 e. The number of carbonyl (C=O) groups excluding carboxylic acids is 1. The third kappa shape index (κ3) is 4.63. The van der Waals surface area contributed by atoms with E-state index in [0.717, 1.165) is 24.4 Å². The number of carbonyl (C=O) groups is 2. The van der Waals surface area contributed by atoms with E-state index in [4.69, 9.17) is 5.11 Å². The van der Waals surface area contributed by atoms with Crippen molar-refractivity contribution in [3.8, 4) is 0 Å². The minimum atomic E-state index is -1.35. The number of halogens is 2. The summed E-state index contributed by atoms with van der Waals surface area (Å²) in [6, 6.07) is 3.67. The molecule has 0 radical (unpaired) electrons. The topological polar surface area (TPSA) is 103 Å². The predicted molar refractivity (Wildman–Crippen MR) is 83.1 cm³/mol. The molecular weight excluding hydrogens is 322 g/mol. The molecule has 4 N–H and O–H groups in total. The average molecular weight is 336 g/mol. The lowest BCUT2D eigenvalue weighted by Gasteiger charge is -2.16. The van der Waals surface area contributed by atoms with Gasteiger partial charge in [-0.1, -0.05) is 0 Å². The Balaban J connectivity index is 2.21. The molecule has 0 bridgehead atoms. The van der Waals surface area contributed by atoms with Gasteiger partial charge >= 0.3 is 6.09 Å². The molecule has 1 heterocycles. The van der Waals surface area contributed by atoms with Crippen molar-refractivity contribution >= 4 is 29.1 Å². The van der Waals surface area contributed by atoms with Crippen molar-refractivity contribution < 1.29 is 23.5 Å². The Kier molecular flexibility index (Phi) is 5.25. The molecule has 0 aliphatic carbocycles. The van der Waals surface area contributed by atoms with Crippen LogP contribution in [0.25, 0.3) is 0 Å². The number of amides is 2. The van der Waals surface area contributed by atoms with Crippen LogP contribution >= 0.6 is 0 Å². The van der Waals surface area contributed by atoms with E-state index in [2.05, 4.69) is 15.6 Å². The Morgan fingerprint density at radius 2 is 1.88 bits per heavy atom. The highest BCUT2D eigenvalue weighted by molar-refractivity contribution is 5.99. The second kappa shape index (κ2) is 7.36. The van der Waals surface area contributed by atoms with Crippen LogP contribution in [0.5, 0.6) is 0 Å². The van der Waals surface area contributed by atoms with Crippen molar-refractivity contribution in [2.45, 2.75) is 13.0 Å². The summed E-state index contributed by atoms with van der Waals surface area (Å²) in [6.45, 7) is 1.36. The molecule has 1 unspecified atom stereocenters. The lowest BCUT2D eigenvalue weighted by Crippen LogP contribution is -2.40. The summed E-state index contributed by atoms with van der Waals surface area (Å²) in [4.78, 5) is 26.2. The summed E-state index contributed by atoms with van der Waals surface area (Å²) >= 11 is 0. The molecule has 9 heteroatoms. The fourth-order valence-corrected chi connectivity index (χ4v) is 1.86. The van der Waals surface area contributed by atoms with E-state index in [1.807, 2.05) is 5.32 Å². The fourth-order valence-electron chi connectivity index (χ4n) is 1.86. The molecule has 2 amide bonds. The van der Waals surface area contributed by atoms with E-state index in [1.165, 1.54) is 19.2 Å². The maximum absolute atomic E-state index is 13.5. The number of nitrogens with zero attached hydrogens (tertiary/aromatic N) is 1. The van der Waals surface area contributed by atoms with E-state index in [9.17, 15) is 18.4 Å². The van der Waals surface area contributed by atoms with Gasteiger partial charge in [-0.25, -0.2) is 13.6 Å². The maximum Gasteiger partial charge on any atom is 0.405 e. The molecular formula is C15H14F2N4O3. The third-order valence-electron chi connectivity index (χ3n) is 2.96. The summed E-state index contributed by atoms with van der Waals surface area (Å²) < 4.78 is 26.6. The first-order valence-electron chi connectivity index (χ1n) is 6.82. The van der Waals surface area contributed by atoms with Gasteiger partial charge in [0.25, 0.3) is 0 Å². The molecule has 0 saturated carbocycles. The van der Waals surface area contributed by atoms with Gasteiger partial charge in [-0.2, -0.15) is 0 Å². The van der Waals surface area contributed by atoms with Crippen molar-refractivity contribution in [1.82, 2.24) is 10.3 Å². The predicted octanol–water partition coefficient (Wildman–Crippen LogP) is 2.70. The number of hydrogen-bond donors (Lipinski definition) is 4. The van der Waals surface area contributed by atoms with Crippen molar-refractivity contribution in [2.75, 3.05) is 10.6 Å². The molecule has 24 heavy (non-hydrogen) atoms. The first-order chi connectivity index (χ1) is 11.3. The van der Waals surface area contributed by atoms with Gasteiger partial charge in [0.05, 0.1) is 29.5 Å². The Morgan fingerprint density at radius 3 is 2.54 bits per heavy atom. The Morgan fingerprint density at radius 1 is 1.12 bits per heavy atom. The van der Waals surface area contributed by atoms with Crippen LogP contribution in [0.3, 0.4) is 0 Å². The minimum Gasteiger partial charge on any atom is -0.465 e. The third-order valence-corrected chi connectivity index (χ3v) is 2.96. The van der Waals surface area contributed by atoms with Gasteiger partial charge in [0.15, 0.2) is 0 Å². The molecule has 2 rings (SSSR count). The highest BCUT2D eigenvalue weighted by atomic mass is 19.1. The maximum atomic E-state index is 13.5. The van der Waals surface area contributed by atoms with Gasteiger partial charge in [0.1, 0.15) is 17.7 Å². The van der Waals surface area contributed by atoms with E-state index >= 15 is 0 Å². The van der Waals surface area contributed by atoms with Crippen LogP contribution in [-0.2, 0) is 4.79 Å². The number of hydrogen-bond acceptors (Lipinski definition) is 4. The van der Waals surface area contributed by atoms with Crippen molar-refractivity contribution in [3.05, 3.63) is 48.3 Å². The van der Waals surface area contributed by atoms with E-state index < -0.39 is 29.7 Å². The van der Waals surface area contributed by atoms with Crippen LogP contribution in [-0.4, -0.2) is 28.1 Å². The zero-order valence-electron chi connectivity index (χ0n) is 12.5. The number of benzene rings is 1. The van der Waals surface area contributed by atoms with Crippen LogP contribution in [0, 0.1) is 11.6 Å². The highest BCUT2D eigenvalue weighted by Crippen LogP contribution is 2.26. The first kappa shape index (κ1) is 17.1. The Labute approximate surface area is 135 Å². The van der Waals surface area contributed by atoms with Crippen molar-refractivity contribution in [1.29, 1.82) is 0 Å². The number of carboxylic acid groups (broad SMARTS) is 1. The molecule has 1 atom stereocenters. The van der Waals surface area contributed by atoms with Gasteiger partial charge in [-0.05, 0) is 25.1 Å². The molecule has 7 nitrogen and oxygen atoms in total. The van der Waals surface area contributed by atoms with Crippen LogP contribution < -0.4 is 16.0 Å². The summed E-state index contributed by atoms with van der Waals surface area (Å²) in [5.74, 6) is -1.79. The zero-order chi connectivity index (χ0) is 17.7. The van der Waals surface area contributed by atoms with Crippen LogP contribution in [0.15, 0.2) is 36.7 Å². The number of anilines is 3. The number of nitrogens with one attached hydrogen (secondary N) is 3. The Bertz CT molecular complexity index is 770. The molecule has 1 aromatic heterocycles. The highest BCUT2D eigenvalue weighted by Gasteiger charge is 2.17. The van der Waals surface area contributed by atoms with Crippen LogP contribution in [0.2, 0.25) is 0 Å². The van der Waals surface area contributed by atoms with E-state index in [-0.39, 0.29) is 17.1 Å². The SMILES string of the molecule is CC(NC(=O)O)C(=O)Nc1ccc(F)cc1Nc1cncc(F)c1. The molecule has 0 spiro atoms. The van der Waals surface area contributed by atoms with Gasteiger partial charge < -0.3 is 21.1 Å². The summed E-state index contributed by atoms with van der Waals surface area (Å²) in [6.07, 6.45) is 0.994. The molecule has 2 aromatic rings. The van der Waals surface area contributed by atoms with Crippen molar-refractivity contribution in [2.24, 2.45) is 0 Å². The summed E-state index contributed by atoms with van der Waals surface area (Å²) in [5, 5.41) is 15.8.